The van der Waals surface area contributed by atoms with E-state index in [4.69, 9.17) is 18.9 Å². The van der Waals surface area contributed by atoms with Gasteiger partial charge in [0.1, 0.15) is 5.75 Å². The van der Waals surface area contributed by atoms with E-state index in [-0.39, 0.29) is 18.2 Å². The summed E-state index contributed by atoms with van der Waals surface area (Å²) in [6.45, 7) is 4.97. The zero-order chi connectivity index (χ0) is 23.1. The predicted molar refractivity (Wildman–Crippen MR) is 126 cm³/mol. The molecule has 1 fully saturated rings. The van der Waals surface area contributed by atoms with Crippen molar-refractivity contribution < 1.29 is 24.1 Å². The molecule has 32 heavy (non-hydrogen) atoms. The summed E-state index contributed by atoms with van der Waals surface area (Å²) < 4.78 is 22.4. The van der Waals surface area contributed by atoms with Crippen molar-refractivity contribution >= 4 is 0 Å². The van der Waals surface area contributed by atoms with Gasteiger partial charge >= 0.3 is 0 Å². The molecule has 3 rings (SSSR count). The fourth-order valence-electron chi connectivity index (χ4n) is 4.01. The van der Waals surface area contributed by atoms with E-state index in [1.54, 1.807) is 21.3 Å². The van der Waals surface area contributed by atoms with Gasteiger partial charge in [0.15, 0.2) is 11.5 Å². The Hall–Kier alpha value is -2.28. The molecule has 2 aromatic carbocycles. The second-order valence-corrected chi connectivity index (χ2v) is 9.12. The van der Waals surface area contributed by atoms with Crippen molar-refractivity contribution in [1.29, 1.82) is 0 Å². The molecule has 0 amide bonds. The lowest BCUT2D eigenvalue weighted by Crippen LogP contribution is -2.46. The molecule has 0 spiro atoms. The largest absolute Gasteiger partial charge is 0.496 e. The lowest BCUT2D eigenvalue weighted by molar-refractivity contribution is -0.0219. The molecule has 1 saturated carbocycles. The number of methoxy groups -OCH3 is 3. The van der Waals surface area contributed by atoms with Crippen molar-refractivity contribution in [2.75, 3.05) is 34.5 Å². The summed E-state index contributed by atoms with van der Waals surface area (Å²) in [5, 5.41) is 14.1. The number of benzene rings is 2. The van der Waals surface area contributed by atoms with E-state index in [0.29, 0.717) is 12.5 Å². The van der Waals surface area contributed by atoms with Gasteiger partial charge in [-0.05, 0) is 62.8 Å². The maximum atomic E-state index is 10.6. The predicted octanol–water partition coefficient (Wildman–Crippen LogP) is 4.15. The number of hydrogen-bond donors (Lipinski definition) is 2. The minimum atomic E-state index is -0.601. The van der Waals surface area contributed by atoms with Crippen molar-refractivity contribution in [3.05, 3.63) is 53.6 Å². The third kappa shape index (κ3) is 6.61. The smallest absolute Gasteiger partial charge is 0.160 e. The van der Waals surface area contributed by atoms with Crippen LogP contribution >= 0.6 is 0 Å². The van der Waals surface area contributed by atoms with E-state index in [1.807, 2.05) is 36.4 Å². The number of nitrogens with one attached hydrogen (secondary N) is 1. The van der Waals surface area contributed by atoms with Crippen molar-refractivity contribution in [2.24, 2.45) is 5.92 Å². The van der Waals surface area contributed by atoms with Crippen LogP contribution < -0.4 is 19.5 Å². The Balaban J connectivity index is 1.52. The average Bonchev–Trinajstić information content (AvgIpc) is 3.63. The molecule has 0 bridgehead atoms. The van der Waals surface area contributed by atoms with Gasteiger partial charge in [-0.1, -0.05) is 24.3 Å². The van der Waals surface area contributed by atoms with Gasteiger partial charge in [-0.25, -0.2) is 0 Å². The zero-order valence-electron chi connectivity index (χ0n) is 19.9. The SMILES string of the molecule is COc1ccc(CC(C)(C)NC[C@@H](O)CO[C@@H](c2ccccc2OC)C2CC2)cc1OC. The molecular formula is C26H37NO5. The van der Waals surface area contributed by atoms with Crippen LogP contribution in [-0.4, -0.2) is 51.2 Å². The van der Waals surface area contributed by atoms with Crippen molar-refractivity contribution in [1.82, 2.24) is 5.32 Å². The molecule has 2 N–H and O–H groups in total. The van der Waals surface area contributed by atoms with E-state index < -0.39 is 6.10 Å². The molecule has 0 unspecified atom stereocenters. The van der Waals surface area contributed by atoms with Gasteiger partial charge in [-0.2, -0.15) is 0 Å². The summed E-state index contributed by atoms with van der Waals surface area (Å²) in [5.74, 6) is 2.77. The van der Waals surface area contributed by atoms with Crippen LogP contribution in [0.1, 0.15) is 43.9 Å². The van der Waals surface area contributed by atoms with Gasteiger partial charge in [0, 0.05) is 17.6 Å². The van der Waals surface area contributed by atoms with Crippen LogP contribution in [0.25, 0.3) is 0 Å². The Morgan fingerprint density at radius 1 is 0.969 bits per heavy atom. The Bertz CT molecular complexity index is 865. The number of ether oxygens (including phenoxy) is 4. The maximum Gasteiger partial charge on any atom is 0.160 e. The van der Waals surface area contributed by atoms with Crippen LogP contribution in [0.3, 0.4) is 0 Å². The maximum absolute atomic E-state index is 10.6. The van der Waals surface area contributed by atoms with Crippen molar-refractivity contribution in [3.63, 3.8) is 0 Å². The van der Waals surface area contributed by atoms with Crippen LogP contribution in [0.15, 0.2) is 42.5 Å². The summed E-state index contributed by atoms with van der Waals surface area (Å²) in [6, 6.07) is 13.9. The fourth-order valence-corrected chi connectivity index (χ4v) is 4.01. The Kier molecular flexibility index (Phi) is 8.40. The van der Waals surface area contributed by atoms with Crippen LogP contribution in [-0.2, 0) is 11.2 Å². The molecule has 0 saturated heterocycles. The minimum Gasteiger partial charge on any atom is -0.496 e. The van der Waals surface area contributed by atoms with Gasteiger partial charge < -0.3 is 29.4 Å². The van der Waals surface area contributed by atoms with E-state index >= 15 is 0 Å². The molecule has 0 aromatic heterocycles. The normalized spacial score (nSPS) is 15.8. The first-order valence-electron chi connectivity index (χ1n) is 11.3. The van der Waals surface area contributed by atoms with Crippen molar-refractivity contribution in [3.8, 4) is 17.2 Å². The average molecular weight is 444 g/mol. The molecular weight excluding hydrogens is 406 g/mol. The first-order valence-corrected chi connectivity index (χ1v) is 11.3. The number of para-hydroxylation sites is 1. The molecule has 1 aliphatic rings. The molecule has 176 valence electrons. The van der Waals surface area contributed by atoms with E-state index in [9.17, 15) is 5.11 Å². The zero-order valence-corrected chi connectivity index (χ0v) is 19.9. The third-order valence-corrected chi connectivity index (χ3v) is 5.87. The number of aliphatic hydroxyl groups excluding tert-OH is 1. The van der Waals surface area contributed by atoms with E-state index in [2.05, 4.69) is 25.2 Å². The lowest BCUT2D eigenvalue weighted by Gasteiger charge is -2.29. The number of β-amino-alcohol motifs (C(OH)–C–C–N with tert-alkyl or cyclic N) is 1. The second-order valence-electron chi connectivity index (χ2n) is 9.12. The molecule has 0 radical (unpaired) electrons. The van der Waals surface area contributed by atoms with Crippen LogP contribution in [0.2, 0.25) is 0 Å². The molecule has 2 atom stereocenters. The summed E-state index contributed by atoms with van der Waals surface area (Å²) >= 11 is 0. The van der Waals surface area contributed by atoms with E-state index in [1.165, 1.54) is 0 Å². The molecule has 2 aromatic rings. The van der Waals surface area contributed by atoms with Gasteiger partial charge in [0.05, 0.1) is 40.1 Å². The second kappa shape index (κ2) is 11.0. The first-order chi connectivity index (χ1) is 15.4. The molecule has 6 nitrogen and oxygen atoms in total. The standard InChI is InChI=1S/C26H37NO5/c1-26(2,15-18-10-13-23(30-4)24(14-18)31-5)27-16-20(28)17-32-25(19-11-12-19)21-8-6-7-9-22(21)29-3/h6-10,13-14,19-20,25,27-28H,11-12,15-17H2,1-5H3/t20-,25-/m1/s1. The number of aliphatic hydroxyl groups is 1. The minimum absolute atomic E-state index is 0.0411. The third-order valence-electron chi connectivity index (χ3n) is 5.87. The summed E-state index contributed by atoms with van der Waals surface area (Å²) in [4.78, 5) is 0. The number of rotatable bonds is 13. The molecule has 0 heterocycles. The molecule has 1 aliphatic carbocycles. The lowest BCUT2D eigenvalue weighted by atomic mass is 9.94. The highest BCUT2D eigenvalue weighted by Crippen LogP contribution is 2.45. The monoisotopic (exact) mass is 443 g/mol. The fraction of sp³-hybridized carbons (Fsp3) is 0.538. The van der Waals surface area contributed by atoms with Gasteiger partial charge in [0.2, 0.25) is 0 Å². The Morgan fingerprint density at radius 3 is 2.31 bits per heavy atom. The summed E-state index contributed by atoms with van der Waals surface area (Å²) in [6.07, 6.45) is 2.44. The quantitative estimate of drug-likeness (QED) is 0.485. The van der Waals surface area contributed by atoms with Gasteiger partial charge in [-0.3, -0.25) is 0 Å². The van der Waals surface area contributed by atoms with Crippen LogP contribution in [0, 0.1) is 5.92 Å². The van der Waals surface area contributed by atoms with Crippen LogP contribution in [0.4, 0.5) is 0 Å². The van der Waals surface area contributed by atoms with E-state index in [0.717, 1.165) is 47.6 Å². The van der Waals surface area contributed by atoms with Crippen LogP contribution in [0.5, 0.6) is 17.2 Å². The molecule has 6 heteroatoms. The highest BCUT2D eigenvalue weighted by molar-refractivity contribution is 5.43. The molecule has 0 aliphatic heterocycles. The van der Waals surface area contributed by atoms with Gasteiger partial charge in [0.25, 0.3) is 0 Å². The summed E-state index contributed by atoms with van der Waals surface area (Å²) in [5.41, 5.74) is 1.99. The summed E-state index contributed by atoms with van der Waals surface area (Å²) in [7, 11) is 4.96. The highest BCUT2D eigenvalue weighted by atomic mass is 16.5. The Labute approximate surface area is 191 Å². The number of hydrogen-bond acceptors (Lipinski definition) is 6. The highest BCUT2D eigenvalue weighted by Gasteiger charge is 2.35. The van der Waals surface area contributed by atoms with Crippen molar-refractivity contribution in [2.45, 2.75) is 50.9 Å². The first kappa shape index (κ1) is 24.4. The topological polar surface area (TPSA) is 69.2 Å². The van der Waals surface area contributed by atoms with Gasteiger partial charge in [-0.15, -0.1) is 0 Å². The Morgan fingerprint density at radius 2 is 1.66 bits per heavy atom.